The van der Waals surface area contributed by atoms with E-state index >= 15 is 0 Å². The standard InChI is InChI=1S/C14H13N3O/c15-14-16-8-11-12(17-14)6-10(7-13(11)18)9-4-2-1-3-5-9/h1-5,8,10H,6-7H2,(H2,15,16,17)/t10-/m1/s1. The molecule has 90 valence electrons. The van der Waals surface area contributed by atoms with Gasteiger partial charge in [-0.15, -0.1) is 0 Å². The lowest BCUT2D eigenvalue weighted by Crippen LogP contribution is -2.21. The summed E-state index contributed by atoms with van der Waals surface area (Å²) in [5, 5.41) is 0. The summed E-state index contributed by atoms with van der Waals surface area (Å²) in [5.74, 6) is 0.529. The van der Waals surface area contributed by atoms with Gasteiger partial charge in [-0.3, -0.25) is 4.79 Å². The lowest BCUT2D eigenvalue weighted by atomic mass is 9.82. The van der Waals surface area contributed by atoms with Gasteiger partial charge in [-0.25, -0.2) is 9.97 Å². The zero-order chi connectivity index (χ0) is 12.5. The first kappa shape index (κ1) is 10.9. The van der Waals surface area contributed by atoms with Gasteiger partial charge in [0.05, 0.1) is 11.3 Å². The molecule has 0 aliphatic heterocycles. The van der Waals surface area contributed by atoms with Crippen molar-refractivity contribution >= 4 is 11.7 Å². The molecule has 0 saturated carbocycles. The van der Waals surface area contributed by atoms with E-state index in [1.165, 1.54) is 5.56 Å². The third-order valence-electron chi connectivity index (χ3n) is 3.33. The van der Waals surface area contributed by atoms with Gasteiger partial charge in [0.1, 0.15) is 0 Å². The van der Waals surface area contributed by atoms with E-state index in [4.69, 9.17) is 5.73 Å². The van der Waals surface area contributed by atoms with Gasteiger partial charge in [-0.2, -0.15) is 0 Å². The monoisotopic (exact) mass is 239 g/mol. The maximum Gasteiger partial charge on any atom is 0.220 e. The summed E-state index contributed by atoms with van der Waals surface area (Å²) in [6.45, 7) is 0. The lowest BCUT2D eigenvalue weighted by molar-refractivity contribution is 0.0963. The molecule has 3 rings (SSSR count). The number of nitrogens with zero attached hydrogens (tertiary/aromatic N) is 2. The third-order valence-corrected chi connectivity index (χ3v) is 3.33. The second kappa shape index (κ2) is 4.22. The van der Waals surface area contributed by atoms with E-state index in [0.29, 0.717) is 12.0 Å². The van der Waals surface area contributed by atoms with E-state index in [1.54, 1.807) is 6.20 Å². The Morgan fingerprint density at radius 3 is 2.72 bits per heavy atom. The van der Waals surface area contributed by atoms with Gasteiger partial charge >= 0.3 is 0 Å². The van der Waals surface area contributed by atoms with E-state index in [0.717, 1.165) is 12.1 Å². The van der Waals surface area contributed by atoms with Crippen LogP contribution in [0.1, 0.15) is 34.0 Å². The number of carbonyl (C=O) groups is 1. The van der Waals surface area contributed by atoms with E-state index in [-0.39, 0.29) is 17.6 Å². The molecular formula is C14H13N3O. The molecule has 0 spiro atoms. The molecule has 0 fully saturated rings. The Hall–Kier alpha value is -2.23. The molecule has 0 unspecified atom stereocenters. The molecule has 0 bridgehead atoms. The molecule has 18 heavy (non-hydrogen) atoms. The first-order valence-corrected chi connectivity index (χ1v) is 5.93. The smallest absolute Gasteiger partial charge is 0.220 e. The molecule has 1 aliphatic rings. The number of carbonyl (C=O) groups excluding carboxylic acids is 1. The van der Waals surface area contributed by atoms with Crippen molar-refractivity contribution in [2.45, 2.75) is 18.8 Å². The van der Waals surface area contributed by atoms with Crippen LogP contribution in [0.3, 0.4) is 0 Å². The zero-order valence-electron chi connectivity index (χ0n) is 9.84. The van der Waals surface area contributed by atoms with Crippen LogP contribution in [0.2, 0.25) is 0 Å². The van der Waals surface area contributed by atoms with Crippen molar-refractivity contribution < 1.29 is 4.79 Å². The number of rotatable bonds is 1. The van der Waals surface area contributed by atoms with Crippen LogP contribution in [-0.2, 0) is 6.42 Å². The van der Waals surface area contributed by atoms with Gasteiger partial charge in [0, 0.05) is 12.6 Å². The normalized spacial score (nSPS) is 18.4. The number of fused-ring (bicyclic) bond motifs is 1. The summed E-state index contributed by atoms with van der Waals surface area (Å²) in [6, 6.07) is 10.1. The molecule has 4 nitrogen and oxygen atoms in total. The summed E-state index contributed by atoms with van der Waals surface area (Å²) in [6.07, 6.45) is 2.81. The van der Waals surface area contributed by atoms with Crippen molar-refractivity contribution in [3.05, 3.63) is 53.3 Å². The molecule has 1 aliphatic carbocycles. The van der Waals surface area contributed by atoms with Crippen LogP contribution in [0.5, 0.6) is 0 Å². The van der Waals surface area contributed by atoms with E-state index in [1.807, 2.05) is 30.3 Å². The van der Waals surface area contributed by atoms with E-state index in [9.17, 15) is 4.79 Å². The maximum atomic E-state index is 12.1. The maximum absolute atomic E-state index is 12.1. The van der Waals surface area contributed by atoms with Gasteiger partial charge in [0.15, 0.2) is 5.78 Å². The molecule has 1 atom stereocenters. The van der Waals surface area contributed by atoms with Crippen LogP contribution < -0.4 is 5.73 Å². The lowest BCUT2D eigenvalue weighted by Gasteiger charge is -2.22. The van der Waals surface area contributed by atoms with Crippen molar-refractivity contribution in [3.63, 3.8) is 0 Å². The quantitative estimate of drug-likeness (QED) is 0.826. The Balaban J connectivity index is 1.98. The first-order chi connectivity index (χ1) is 8.74. The van der Waals surface area contributed by atoms with Crippen molar-refractivity contribution in [2.75, 3.05) is 5.73 Å². The fraction of sp³-hybridized carbons (Fsp3) is 0.214. The second-order valence-electron chi connectivity index (χ2n) is 4.53. The van der Waals surface area contributed by atoms with Gasteiger partial charge in [0.2, 0.25) is 5.95 Å². The average molecular weight is 239 g/mol. The molecular weight excluding hydrogens is 226 g/mol. The molecule has 0 amide bonds. The molecule has 4 heteroatoms. The minimum Gasteiger partial charge on any atom is -0.368 e. The first-order valence-electron chi connectivity index (χ1n) is 5.93. The topological polar surface area (TPSA) is 68.9 Å². The van der Waals surface area contributed by atoms with Crippen LogP contribution in [-0.4, -0.2) is 15.8 Å². The van der Waals surface area contributed by atoms with E-state index < -0.39 is 0 Å². The molecule has 1 aromatic carbocycles. The molecule has 0 saturated heterocycles. The Labute approximate surface area is 105 Å². The summed E-state index contributed by atoms with van der Waals surface area (Å²) in [4.78, 5) is 20.1. The van der Waals surface area contributed by atoms with Gasteiger partial charge < -0.3 is 5.73 Å². The number of Topliss-reactive ketones (excluding diaryl/α,β-unsaturated/α-hetero) is 1. The van der Waals surface area contributed by atoms with Gasteiger partial charge in [-0.05, 0) is 17.9 Å². The van der Waals surface area contributed by atoms with Crippen LogP contribution >= 0.6 is 0 Å². The SMILES string of the molecule is Nc1ncc2c(n1)C[C@@H](c1ccccc1)CC2=O. The van der Waals surface area contributed by atoms with Crippen LogP contribution in [0.4, 0.5) is 5.95 Å². The number of nitrogens with two attached hydrogens (primary N) is 1. The number of anilines is 1. The van der Waals surface area contributed by atoms with Crippen molar-refractivity contribution in [1.82, 2.24) is 9.97 Å². The average Bonchev–Trinajstić information content (AvgIpc) is 2.39. The highest BCUT2D eigenvalue weighted by Gasteiger charge is 2.27. The fourth-order valence-corrected chi connectivity index (χ4v) is 2.42. The Morgan fingerprint density at radius 1 is 1.17 bits per heavy atom. The number of hydrogen-bond donors (Lipinski definition) is 1. The minimum atomic E-state index is 0.102. The molecule has 1 heterocycles. The zero-order valence-corrected chi connectivity index (χ0v) is 9.84. The van der Waals surface area contributed by atoms with Gasteiger partial charge in [0.25, 0.3) is 0 Å². The highest BCUT2D eigenvalue weighted by molar-refractivity contribution is 5.98. The molecule has 1 aromatic heterocycles. The largest absolute Gasteiger partial charge is 0.368 e. The highest BCUT2D eigenvalue weighted by atomic mass is 16.1. The van der Waals surface area contributed by atoms with Crippen molar-refractivity contribution in [2.24, 2.45) is 0 Å². The summed E-state index contributed by atoms with van der Waals surface area (Å²) < 4.78 is 0. The number of nitrogen functional groups attached to an aromatic ring is 1. The number of hydrogen-bond acceptors (Lipinski definition) is 4. The molecule has 2 aromatic rings. The van der Waals surface area contributed by atoms with Crippen molar-refractivity contribution in [1.29, 1.82) is 0 Å². The second-order valence-corrected chi connectivity index (χ2v) is 4.53. The van der Waals surface area contributed by atoms with Crippen molar-refractivity contribution in [3.8, 4) is 0 Å². The van der Waals surface area contributed by atoms with Gasteiger partial charge in [-0.1, -0.05) is 30.3 Å². The summed E-state index contributed by atoms with van der Waals surface area (Å²) >= 11 is 0. The third kappa shape index (κ3) is 1.86. The summed E-state index contributed by atoms with van der Waals surface area (Å²) in [7, 11) is 0. The fourth-order valence-electron chi connectivity index (χ4n) is 2.42. The summed E-state index contributed by atoms with van der Waals surface area (Å²) in [5.41, 5.74) is 8.15. The molecule has 0 radical (unpaired) electrons. The van der Waals surface area contributed by atoms with Crippen LogP contribution in [0.25, 0.3) is 0 Å². The predicted molar refractivity (Wildman–Crippen MR) is 68.3 cm³/mol. The van der Waals surface area contributed by atoms with Crippen LogP contribution in [0, 0.1) is 0 Å². The Kier molecular flexibility index (Phi) is 2.55. The minimum absolute atomic E-state index is 0.102. The number of benzene rings is 1. The number of aromatic nitrogens is 2. The predicted octanol–water partition coefficient (Wildman–Crippen LogP) is 1.97. The van der Waals surface area contributed by atoms with Crippen LogP contribution in [0.15, 0.2) is 36.5 Å². The highest BCUT2D eigenvalue weighted by Crippen LogP contribution is 2.31. The van der Waals surface area contributed by atoms with E-state index in [2.05, 4.69) is 9.97 Å². The Bertz CT molecular complexity index is 595. The Morgan fingerprint density at radius 2 is 1.94 bits per heavy atom. The number of ketones is 1. The molecule has 2 N–H and O–H groups in total.